The SMILES string of the molecule is CCn1c(-c2ccccc2)cnc1S[C@@H](C)C(N)=O. The Kier molecular flexibility index (Phi) is 4.27. The highest BCUT2D eigenvalue weighted by Crippen LogP contribution is 2.28. The molecule has 0 unspecified atom stereocenters. The van der Waals surface area contributed by atoms with E-state index < -0.39 is 0 Å². The highest BCUT2D eigenvalue weighted by atomic mass is 32.2. The molecule has 0 aliphatic heterocycles. The van der Waals surface area contributed by atoms with Crippen LogP contribution >= 0.6 is 11.8 Å². The lowest BCUT2D eigenvalue weighted by Crippen LogP contribution is -2.23. The molecule has 0 aliphatic rings. The van der Waals surface area contributed by atoms with Crippen molar-refractivity contribution in [2.75, 3.05) is 0 Å². The Labute approximate surface area is 117 Å². The molecule has 2 N–H and O–H groups in total. The van der Waals surface area contributed by atoms with Gasteiger partial charge in [0.05, 0.1) is 17.1 Å². The summed E-state index contributed by atoms with van der Waals surface area (Å²) in [6, 6.07) is 10.1. The molecule has 1 heterocycles. The molecule has 0 fully saturated rings. The van der Waals surface area contributed by atoms with Crippen LogP contribution in [0.15, 0.2) is 41.7 Å². The maximum atomic E-state index is 11.1. The van der Waals surface area contributed by atoms with Gasteiger partial charge in [0.1, 0.15) is 0 Å². The van der Waals surface area contributed by atoms with Gasteiger partial charge >= 0.3 is 0 Å². The van der Waals surface area contributed by atoms with Crippen LogP contribution in [-0.2, 0) is 11.3 Å². The predicted octanol–water partition coefficient (Wildman–Crippen LogP) is 2.54. The Balaban J connectivity index is 2.33. The third-order valence-corrected chi connectivity index (χ3v) is 4.01. The maximum Gasteiger partial charge on any atom is 0.230 e. The summed E-state index contributed by atoms with van der Waals surface area (Å²) in [5.74, 6) is -0.322. The van der Waals surface area contributed by atoms with Gasteiger partial charge in [0.15, 0.2) is 5.16 Å². The van der Waals surface area contributed by atoms with Crippen LogP contribution in [0, 0.1) is 0 Å². The van der Waals surface area contributed by atoms with E-state index in [2.05, 4.69) is 28.6 Å². The van der Waals surface area contributed by atoms with Crippen LogP contribution in [0.3, 0.4) is 0 Å². The molecule has 0 aliphatic carbocycles. The number of aromatic nitrogens is 2. The van der Waals surface area contributed by atoms with Crippen LogP contribution < -0.4 is 5.73 Å². The van der Waals surface area contributed by atoms with Crippen molar-refractivity contribution in [3.63, 3.8) is 0 Å². The van der Waals surface area contributed by atoms with E-state index in [4.69, 9.17) is 5.73 Å². The predicted molar refractivity (Wildman–Crippen MR) is 77.9 cm³/mol. The summed E-state index contributed by atoms with van der Waals surface area (Å²) in [6.45, 7) is 4.66. The van der Waals surface area contributed by atoms with Crippen LogP contribution in [-0.4, -0.2) is 20.7 Å². The van der Waals surface area contributed by atoms with Crippen LogP contribution in [0.2, 0.25) is 0 Å². The van der Waals surface area contributed by atoms with E-state index in [-0.39, 0.29) is 11.2 Å². The monoisotopic (exact) mass is 275 g/mol. The first-order chi connectivity index (χ1) is 9.13. The standard InChI is InChI=1S/C14H17N3OS/c1-3-17-12(11-7-5-4-6-8-11)9-16-14(17)19-10(2)13(15)18/h4-10H,3H2,1-2H3,(H2,15,18)/t10-/m0/s1. The molecule has 100 valence electrons. The molecule has 5 heteroatoms. The van der Waals surface area contributed by atoms with Gasteiger partial charge in [0, 0.05) is 6.54 Å². The Morgan fingerprint density at radius 3 is 2.68 bits per heavy atom. The minimum Gasteiger partial charge on any atom is -0.369 e. The van der Waals surface area contributed by atoms with Crippen LogP contribution in [0.1, 0.15) is 13.8 Å². The van der Waals surface area contributed by atoms with Crippen molar-refractivity contribution in [1.29, 1.82) is 0 Å². The average Bonchev–Trinajstić information content (AvgIpc) is 2.82. The lowest BCUT2D eigenvalue weighted by Gasteiger charge is -2.11. The minimum absolute atomic E-state index is 0.281. The molecular formula is C14H17N3OS. The Bertz CT molecular complexity index is 565. The first-order valence-electron chi connectivity index (χ1n) is 6.20. The molecule has 1 aromatic carbocycles. The van der Waals surface area contributed by atoms with Gasteiger partial charge in [-0.05, 0) is 19.4 Å². The number of imidazole rings is 1. The van der Waals surface area contributed by atoms with Crippen molar-refractivity contribution in [2.45, 2.75) is 30.8 Å². The zero-order chi connectivity index (χ0) is 13.8. The summed E-state index contributed by atoms with van der Waals surface area (Å²) in [6.07, 6.45) is 1.84. The van der Waals surface area contributed by atoms with E-state index in [9.17, 15) is 4.79 Å². The molecule has 0 radical (unpaired) electrons. The van der Waals surface area contributed by atoms with Gasteiger partial charge in [-0.2, -0.15) is 0 Å². The van der Waals surface area contributed by atoms with Crippen molar-refractivity contribution in [3.8, 4) is 11.3 Å². The highest BCUT2D eigenvalue weighted by molar-refractivity contribution is 8.00. The van der Waals surface area contributed by atoms with Gasteiger partial charge in [0.2, 0.25) is 5.91 Å². The number of hydrogen-bond acceptors (Lipinski definition) is 3. The number of carbonyl (C=O) groups excluding carboxylic acids is 1. The zero-order valence-corrected chi connectivity index (χ0v) is 11.9. The van der Waals surface area contributed by atoms with E-state index in [1.54, 1.807) is 6.92 Å². The Morgan fingerprint density at radius 1 is 1.42 bits per heavy atom. The number of carbonyl (C=O) groups is 1. The molecular weight excluding hydrogens is 258 g/mol. The summed E-state index contributed by atoms with van der Waals surface area (Å²) in [4.78, 5) is 15.5. The molecule has 1 aromatic heterocycles. The average molecular weight is 275 g/mol. The molecule has 1 atom stereocenters. The number of thioether (sulfide) groups is 1. The smallest absolute Gasteiger partial charge is 0.230 e. The van der Waals surface area contributed by atoms with E-state index in [0.717, 1.165) is 23.0 Å². The van der Waals surface area contributed by atoms with Crippen LogP contribution in [0.5, 0.6) is 0 Å². The zero-order valence-electron chi connectivity index (χ0n) is 11.0. The minimum atomic E-state index is -0.322. The number of amides is 1. The second-order valence-corrected chi connectivity index (χ2v) is 5.51. The molecule has 2 aromatic rings. The third-order valence-electron chi connectivity index (χ3n) is 2.89. The summed E-state index contributed by atoms with van der Waals surface area (Å²) >= 11 is 1.40. The lowest BCUT2D eigenvalue weighted by atomic mass is 10.2. The van der Waals surface area contributed by atoms with Crippen molar-refractivity contribution in [3.05, 3.63) is 36.5 Å². The fourth-order valence-electron chi connectivity index (χ4n) is 1.81. The summed E-state index contributed by atoms with van der Waals surface area (Å²) < 4.78 is 2.10. The van der Waals surface area contributed by atoms with Gasteiger partial charge in [0.25, 0.3) is 0 Å². The summed E-state index contributed by atoms with van der Waals surface area (Å²) in [7, 11) is 0. The molecule has 0 spiro atoms. The molecule has 2 rings (SSSR count). The second-order valence-electron chi connectivity index (χ2n) is 4.20. The van der Waals surface area contributed by atoms with Crippen molar-refractivity contribution < 1.29 is 4.79 Å². The largest absolute Gasteiger partial charge is 0.369 e. The third kappa shape index (κ3) is 2.98. The van der Waals surface area contributed by atoms with Gasteiger partial charge in [-0.3, -0.25) is 4.79 Å². The van der Waals surface area contributed by atoms with Crippen molar-refractivity contribution >= 4 is 17.7 Å². The number of hydrogen-bond donors (Lipinski definition) is 1. The molecule has 1 amide bonds. The number of rotatable bonds is 5. The van der Waals surface area contributed by atoms with Crippen molar-refractivity contribution in [2.24, 2.45) is 5.73 Å². The first-order valence-corrected chi connectivity index (χ1v) is 7.08. The molecule has 19 heavy (non-hydrogen) atoms. The van der Waals surface area contributed by atoms with Gasteiger partial charge in [-0.15, -0.1) is 0 Å². The fourth-order valence-corrected chi connectivity index (χ4v) is 2.71. The van der Waals surface area contributed by atoms with E-state index in [1.807, 2.05) is 24.4 Å². The summed E-state index contributed by atoms with van der Waals surface area (Å²) in [5.41, 5.74) is 7.47. The molecule has 0 bridgehead atoms. The Morgan fingerprint density at radius 2 is 2.11 bits per heavy atom. The highest BCUT2D eigenvalue weighted by Gasteiger charge is 2.16. The number of primary amides is 1. The molecule has 0 saturated carbocycles. The van der Waals surface area contributed by atoms with Crippen molar-refractivity contribution in [1.82, 2.24) is 9.55 Å². The van der Waals surface area contributed by atoms with Crippen LogP contribution in [0.25, 0.3) is 11.3 Å². The number of benzene rings is 1. The second kappa shape index (κ2) is 5.93. The van der Waals surface area contributed by atoms with E-state index >= 15 is 0 Å². The number of nitrogens with zero attached hydrogens (tertiary/aromatic N) is 2. The maximum absolute atomic E-state index is 11.1. The quantitative estimate of drug-likeness (QED) is 0.853. The number of nitrogens with two attached hydrogens (primary N) is 1. The van der Waals surface area contributed by atoms with Gasteiger partial charge in [-0.1, -0.05) is 42.1 Å². The normalized spacial score (nSPS) is 12.3. The van der Waals surface area contributed by atoms with Gasteiger partial charge < -0.3 is 10.3 Å². The topological polar surface area (TPSA) is 60.9 Å². The molecule has 4 nitrogen and oxygen atoms in total. The lowest BCUT2D eigenvalue weighted by molar-refractivity contribution is -0.117. The Hall–Kier alpha value is -1.75. The summed E-state index contributed by atoms with van der Waals surface area (Å²) in [5, 5.41) is 0.545. The van der Waals surface area contributed by atoms with Crippen LogP contribution in [0.4, 0.5) is 0 Å². The fraction of sp³-hybridized carbons (Fsp3) is 0.286. The molecule has 0 saturated heterocycles. The van der Waals surface area contributed by atoms with Gasteiger partial charge in [-0.25, -0.2) is 4.98 Å². The van der Waals surface area contributed by atoms with E-state index in [0.29, 0.717) is 0 Å². The first kappa shape index (κ1) is 13.7. The van der Waals surface area contributed by atoms with E-state index in [1.165, 1.54) is 11.8 Å².